The number of carbonyl (C=O) groups excluding carboxylic acids is 1. The van der Waals surface area contributed by atoms with Gasteiger partial charge in [-0.3, -0.25) is 9.52 Å². The van der Waals surface area contributed by atoms with Crippen molar-refractivity contribution in [2.45, 2.75) is 31.1 Å². The lowest BCUT2D eigenvalue weighted by molar-refractivity contribution is 0.101. The minimum Gasteiger partial charge on any atom is -0.361 e. The third-order valence-electron chi connectivity index (χ3n) is 4.61. The summed E-state index contributed by atoms with van der Waals surface area (Å²) in [5, 5.41) is 0. The minimum absolute atomic E-state index is 0.0185. The van der Waals surface area contributed by atoms with Crippen LogP contribution in [-0.4, -0.2) is 51.4 Å². The molecule has 0 amide bonds. The van der Waals surface area contributed by atoms with Gasteiger partial charge in [-0.05, 0) is 38.3 Å². The summed E-state index contributed by atoms with van der Waals surface area (Å²) in [5.41, 5.74) is 0.631. The van der Waals surface area contributed by atoms with Gasteiger partial charge < -0.3 is 9.80 Å². The Morgan fingerprint density at radius 2 is 1.89 bits per heavy atom. The van der Waals surface area contributed by atoms with E-state index in [1.165, 1.54) is 31.7 Å². The standard InChI is InChI=1S/C19H25N5O3S/c1-14(25)15-8-7-9-16(12-15)28(26,27)22-17-13-20-19(21-18(17)23(2)3)24-10-5-4-6-11-24/h7-9,12-13,22H,4-6,10-11H2,1-3H3. The van der Waals surface area contributed by atoms with Gasteiger partial charge in [0.05, 0.1) is 11.1 Å². The van der Waals surface area contributed by atoms with Crippen LogP contribution in [0, 0.1) is 0 Å². The molecule has 1 saturated heterocycles. The predicted molar refractivity (Wildman–Crippen MR) is 110 cm³/mol. The summed E-state index contributed by atoms with van der Waals surface area (Å²) in [6, 6.07) is 5.95. The predicted octanol–water partition coefficient (Wildman–Crippen LogP) is 2.54. The number of rotatable bonds is 6. The Morgan fingerprint density at radius 1 is 1.18 bits per heavy atom. The SMILES string of the molecule is CC(=O)c1cccc(S(=O)(=O)Nc2cnc(N3CCCCC3)nc2N(C)C)c1. The lowest BCUT2D eigenvalue weighted by atomic mass is 10.1. The number of ketones is 1. The molecule has 1 aromatic heterocycles. The Bertz CT molecular complexity index is 969. The molecule has 1 fully saturated rings. The van der Waals surface area contributed by atoms with E-state index in [-0.39, 0.29) is 10.7 Å². The Hall–Kier alpha value is -2.68. The smallest absolute Gasteiger partial charge is 0.262 e. The number of hydrogen-bond donors (Lipinski definition) is 1. The van der Waals surface area contributed by atoms with Crippen LogP contribution < -0.4 is 14.5 Å². The van der Waals surface area contributed by atoms with Crippen molar-refractivity contribution < 1.29 is 13.2 Å². The fraction of sp³-hybridized carbons (Fsp3) is 0.421. The van der Waals surface area contributed by atoms with E-state index >= 15 is 0 Å². The van der Waals surface area contributed by atoms with Gasteiger partial charge in [0.1, 0.15) is 5.69 Å². The van der Waals surface area contributed by atoms with Crippen molar-refractivity contribution >= 4 is 33.3 Å². The van der Waals surface area contributed by atoms with Crippen molar-refractivity contribution in [3.05, 3.63) is 36.0 Å². The van der Waals surface area contributed by atoms with Crippen LogP contribution in [0.4, 0.5) is 17.5 Å². The van der Waals surface area contributed by atoms with E-state index in [0.29, 0.717) is 23.0 Å². The van der Waals surface area contributed by atoms with Crippen molar-refractivity contribution in [1.29, 1.82) is 0 Å². The molecule has 1 N–H and O–H groups in total. The average molecular weight is 404 g/mol. The molecule has 1 aliphatic heterocycles. The highest BCUT2D eigenvalue weighted by atomic mass is 32.2. The number of benzene rings is 1. The van der Waals surface area contributed by atoms with E-state index in [1.807, 2.05) is 0 Å². The van der Waals surface area contributed by atoms with Gasteiger partial charge in [0.15, 0.2) is 11.6 Å². The summed E-state index contributed by atoms with van der Waals surface area (Å²) < 4.78 is 28.2. The number of aromatic nitrogens is 2. The van der Waals surface area contributed by atoms with Gasteiger partial charge in [-0.1, -0.05) is 12.1 Å². The lowest BCUT2D eigenvalue weighted by Crippen LogP contribution is -2.31. The highest BCUT2D eigenvalue weighted by Crippen LogP contribution is 2.27. The molecule has 0 unspecified atom stereocenters. The fourth-order valence-corrected chi connectivity index (χ4v) is 4.20. The van der Waals surface area contributed by atoms with Crippen LogP contribution in [-0.2, 0) is 10.0 Å². The summed E-state index contributed by atoms with van der Waals surface area (Å²) in [6.45, 7) is 3.20. The van der Waals surface area contributed by atoms with Crippen molar-refractivity contribution in [3.8, 4) is 0 Å². The summed E-state index contributed by atoms with van der Waals surface area (Å²) in [7, 11) is -0.281. The molecule has 2 heterocycles. The molecule has 9 heteroatoms. The Balaban J connectivity index is 1.92. The number of hydrogen-bond acceptors (Lipinski definition) is 7. The van der Waals surface area contributed by atoms with Crippen LogP contribution in [0.2, 0.25) is 0 Å². The van der Waals surface area contributed by atoms with Gasteiger partial charge in [-0.15, -0.1) is 0 Å². The highest BCUT2D eigenvalue weighted by Gasteiger charge is 2.21. The molecule has 0 saturated carbocycles. The second-order valence-electron chi connectivity index (χ2n) is 7.04. The van der Waals surface area contributed by atoms with Crippen LogP contribution in [0.1, 0.15) is 36.5 Å². The maximum absolute atomic E-state index is 12.8. The first-order valence-electron chi connectivity index (χ1n) is 9.21. The quantitative estimate of drug-likeness (QED) is 0.741. The molecule has 0 aliphatic carbocycles. The van der Waals surface area contributed by atoms with Crippen LogP contribution in [0.25, 0.3) is 0 Å². The number of nitrogens with zero attached hydrogens (tertiary/aromatic N) is 4. The second kappa shape index (κ2) is 8.14. The molecule has 0 bridgehead atoms. The molecule has 0 atom stereocenters. The van der Waals surface area contributed by atoms with Crippen LogP contribution in [0.3, 0.4) is 0 Å². The maximum atomic E-state index is 12.8. The molecule has 1 aromatic carbocycles. The van der Waals surface area contributed by atoms with Gasteiger partial charge in [0.2, 0.25) is 5.95 Å². The summed E-state index contributed by atoms with van der Waals surface area (Å²) in [5.74, 6) is 0.895. The van der Waals surface area contributed by atoms with E-state index in [9.17, 15) is 13.2 Å². The monoisotopic (exact) mass is 403 g/mol. The van der Waals surface area contributed by atoms with Crippen LogP contribution >= 0.6 is 0 Å². The zero-order valence-corrected chi connectivity index (χ0v) is 17.2. The molecule has 2 aromatic rings. The van der Waals surface area contributed by atoms with Crippen molar-refractivity contribution in [1.82, 2.24) is 9.97 Å². The molecule has 0 spiro atoms. The van der Waals surface area contributed by atoms with E-state index in [1.54, 1.807) is 31.1 Å². The molecule has 8 nitrogen and oxygen atoms in total. The van der Waals surface area contributed by atoms with Gasteiger partial charge in [0.25, 0.3) is 10.0 Å². The largest absolute Gasteiger partial charge is 0.361 e. The van der Waals surface area contributed by atoms with Crippen LogP contribution in [0.15, 0.2) is 35.4 Å². The minimum atomic E-state index is -3.89. The second-order valence-corrected chi connectivity index (χ2v) is 8.72. The Kier molecular flexibility index (Phi) is 5.83. The molecule has 28 heavy (non-hydrogen) atoms. The number of piperidine rings is 1. The fourth-order valence-electron chi connectivity index (χ4n) is 3.11. The third-order valence-corrected chi connectivity index (χ3v) is 5.98. The molecule has 150 valence electrons. The zero-order valence-electron chi connectivity index (χ0n) is 16.3. The average Bonchev–Trinajstić information content (AvgIpc) is 2.68. The first-order valence-corrected chi connectivity index (χ1v) is 10.7. The Labute approximate surface area is 165 Å². The first kappa shape index (κ1) is 20.1. The van der Waals surface area contributed by atoms with E-state index < -0.39 is 10.0 Å². The number of anilines is 3. The highest BCUT2D eigenvalue weighted by molar-refractivity contribution is 7.92. The molecule has 1 aliphatic rings. The summed E-state index contributed by atoms with van der Waals surface area (Å²) >= 11 is 0. The van der Waals surface area contributed by atoms with E-state index in [4.69, 9.17) is 0 Å². The normalized spacial score (nSPS) is 14.6. The number of nitrogens with one attached hydrogen (secondary N) is 1. The first-order chi connectivity index (χ1) is 13.3. The number of carbonyl (C=O) groups is 1. The van der Waals surface area contributed by atoms with Gasteiger partial charge in [0, 0.05) is 32.7 Å². The zero-order chi connectivity index (χ0) is 20.3. The van der Waals surface area contributed by atoms with Gasteiger partial charge in [-0.2, -0.15) is 4.98 Å². The number of sulfonamides is 1. The third kappa shape index (κ3) is 4.41. The molecular weight excluding hydrogens is 378 g/mol. The molecule has 0 radical (unpaired) electrons. The Morgan fingerprint density at radius 3 is 2.54 bits per heavy atom. The summed E-state index contributed by atoms with van der Waals surface area (Å²) in [4.78, 5) is 24.4. The van der Waals surface area contributed by atoms with Crippen LogP contribution in [0.5, 0.6) is 0 Å². The van der Waals surface area contributed by atoms with Crippen molar-refractivity contribution in [2.75, 3.05) is 41.7 Å². The van der Waals surface area contributed by atoms with Crippen molar-refractivity contribution in [3.63, 3.8) is 0 Å². The molecular formula is C19H25N5O3S. The summed E-state index contributed by atoms with van der Waals surface area (Å²) in [6.07, 6.45) is 4.90. The molecule has 3 rings (SSSR count). The topological polar surface area (TPSA) is 95.5 Å². The van der Waals surface area contributed by atoms with Gasteiger partial charge in [-0.25, -0.2) is 13.4 Å². The number of Topliss-reactive ketones (excluding diaryl/α,β-unsaturated/α-hetero) is 1. The maximum Gasteiger partial charge on any atom is 0.262 e. The van der Waals surface area contributed by atoms with E-state index in [2.05, 4.69) is 19.6 Å². The van der Waals surface area contributed by atoms with Crippen molar-refractivity contribution in [2.24, 2.45) is 0 Å². The van der Waals surface area contributed by atoms with E-state index in [0.717, 1.165) is 25.9 Å². The lowest BCUT2D eigenvalue weighted by Gasteiger charge is -2.28. The van der Waals surface area contributed by atoms with Gasteiger partial charge >= 0.3 is 0 Å².